The molecule has 4 heteroatoms. The fourth-order valence-electron chi connectivity index (χ4n) is 2.37. The minimum Gasteiger partial charge on any atom is -0.303 e. The second kappa shape index (κ2) is 4.14. The highest BCUT2D eigenvalue weighted by atomic mass is 32.2. The van der Waals surface area contributed by atoms with E-state index in [1.165, 1.54) is 0 Å². The lowest BCUT2D eigenvalue weighted by Crippen LogP contribution is -2.18. The Kier molecular flexibility index (Phi) is 2.59. The van der Waals surface area contributed by atoms with E-state index in [0.717, 1.165) is 10.8 Å². The Morgan fingerprint density at radius 2 is 1.94 bits per heavy atom. The predicted molar refractivity (Wildman–Crippen MR) is 69.2 cm³/mol. The van der Waals surface area contributed by atoms with E-state index in [-0.39, 0.29) is 12.2 Å². The van der Waals surface area contributed by atoms with Gasteiger partial charge in [0.05, 0.1) is 15.7 Å². The molecule has 0 aliphatic carbocycles. The Morgan fingerprint density at radius 1 is 1.17 bits per heavy atom. The molecule has 3 nitrogen and oxygen atoms in total. The summed E-state index contributed by atoms with van der Waals surface area (Å²) in [6, 6.07) is 11.1. The van der Waals surface area contributed by atoms with Crippen LogP contribution in [0.15, 0.2) is 41.3 Å². The lowest BCUT2D eigenvalue weighted by molar-refractivity contribution is -0.107. The van der Waals surface area contributed by atoms with E-state index in [1.807, 2.05) is 30.3 Å². The van der Waals surface area contributed by atoms with E-state index in [4.69, 9.17) is 0 Å². The van der Waals surface area contributed by atoms with Crippen LogP contribution in [-0.2, 0) is 15.6 Å². The number of hydrogen-bond donors (Lipinski definition) is 0. The molecule has 2 unspecified atom stereocenters. The molecule has 1 aliphatic heterocycles. The Hall–Kier alpha value is -1.81. The van der Waals surface area contributed by atoms with E-state index >= 15 is 0 Å². The lowest BCUT2D eigenvalue weighted by atomic mass is 9.99. The summed E-state index contributed by atoms with van der Waals surface area (Å²) in [7, 11) is -1.40. The number of fused-ring (bicyclic) bond motifs is 3. The Labute approximate surface area is 106 Å². The molecule has 2 atom stereocenters. The summed E-state index contributed by atoms with van der Waals surface area (Å²) in [5.41, 5.74) is 0.526. The summed E-state index contributed by atoms with van der Waals surface area (Å²) < 4.78 is 12.2. The fraction of sp³-hybridized carbons (Fsp3) is 0.143. The van der Waals surface area contributed by atoms with Crippen LogP contribution in [0.25, 0.3) is 10.8 Å². The van der Waals surface area contributed by atoms with Crippen molar-refractivity contribution in [3.8, 4) is 0 Å². The zero-order valence-corrected chi connectivity index (χ0v) is 10.3. The number of carbonyl (C=O) groups is 2. The molecule has 0 saturated carbocycles. The smallest absolute Gasteiger partial charge is 0.181 e. The minimum atomic E-state index is -1.40. The molecular weight excluding hydrogens is 248 g/mol. The third kappa shape index (κ3) is 1.46. The first-order valence-electron chi connectivity index (χ1n) is 5.64. The van der Waals surface area contributed by atoms with Gasteiger partial charge in [-0.05, 0) is 16.8 Å². The minimum absolute atomic E-state index is 0.0223. The molecule has 3 rings (SSSR count). The van der Waals surface area contributed by atoms with Crippen LogP contribution in [0.3, 0.4) is 0 Å². The van der Waals surface area contributed by atoms with Crippen LogP contribution in [0.5, 0.6) is 0 Å². The number of rotatable bonds is 2. The first kappa shape index (κ1) is 11.3. The number of ketones is 1. The zero-order valence-electron chi connectivity index (χ0n) is 9.46. The molecule has 0 N–H and O–H groups in total. The highest BCUT2D eigenvalue weighted by Gasteiger charge is 2.38. The number of carbonyl (C=O) groups excluding carboxylic acids is 2. The summed E-state index contributed by atoms with van der Waals surface area (Å²) in [6.45, 7) is 0. The first-order valence-corrected chi connectivity index (χ1v) is 6.85. The molecule has 0 spiro atoms. The third-order valence-corrected chi connectivity index (χ3v) is 4.91. The van der Waals surface area contributed by atoms with Gasteiger partial charge in [0.25, 0.3) is 0 Å². The summed E-state index contributed by atoms with van der Waals surface area (Å²) in [4.78, 5) is 23.4. The van der Waals surface area contributed by atoms with E-state index in [2.05, 4.69) is 0 Å². The van der Waals surface area contributed by atoms with Gasteiger partial charge in [-0.15, -0.1) is 0 Å². The van der Waals surface area contributed by atoms with E-state index < -0.39 is 16.0 Å². The van der Waals surface area contributed by atoms with Gasteiger partial charge in [-0.1, -0.05) is 30.3 Å². The Balaban J connectivity index is 2.29. The third-order valence-electron chi connectivity index (χ3n) is 3.22. The number of benzene rings is 2. The zero-order chi connectivity index (χ0) is 12.7. The largest absolute Gasteiger partial charge is 0.303 e. The van der Waals surface area contributed by atoms with Gasteiger partial charge in [-0.2, -0.15) is 0 Å². The van der Waals surface area contributed by atoms with E-state index in [1.54, 1.807) is 6.07 Å². The Morgan fingerprint density at radius 3 is 2.72 bits per heavy atom. The molecule has 0 fully saturated rings. The standard InChI is InChI=1S/C14H10O3S/c15-8-7-12-14(16)13-10-4-2-1-3-9(10)5-6-11(13)18(12)17/h1-6,8,12H,7H2. The lowest BCUT2D eigenvalue weighted by Gasteiger charge is -2.02. The molecule has 0 saturated heterocycles. The van der Waals surface area contributed by atoms with Crippen molar-refractivity contribution in [2.75, 3.05) is 0 Å². The van der Waals surface area contributed by atoms with Gasteiger partial charge in [-0.25, -0.2) is 0 Å². The van der Waals surface area contributed by atoms with Crippen LogP contribution >= 0.6 is 0 Å². The van der Waals surface area contributed by atoms with Crippen LogP contribution in [0.2, 0.25) is 0 Å². The summed E-state index contributed by atoms with van der Waals surface area (Å²) in [6.07, 6.45) is 0.684. The van der Waals surface area contributed by atoms with Gasteiger partial charge >= 0.3 is 0 Å². The van der Waals surface area contributed by atoms with Crippen LogP contribution < -0.4 is 0 Å². The molecule has 2 aromatic rings. The fourth-order valence-corrected chi connectivity index (χ4v) is 3.85. The average Bonchev–Trinajstić information content (AvgIpc) is 2.64. The quantitative estimate of drug-likeness (QED) is 0.775. The number of Topliss-reactive ketones (excluding diaryl/α,β-unsaturated/α-hetero) is 1. The monoisotopic (exact) mass is 258 g/mol. The van der Waals surface area contributed by atoms with Gasteiger partial charge in [0.15, 0.2) is 5.78 Å². The van der Waals surface area contributed by atoms with Crippen molar-refractivity contribution in [2.45, 2.75) is 16.6 Å². The molecule has 1 aliphatic rings. The molecule has 0 radical (unpaired) electrons. The van der Waals surface area contributed by atoms with Gasteiger partial charge in [0.2, 0.25) is 0 Å². The van der Waals surface area contributed by atoms with Gasteiger partial charge < -0.3 is 4.79 Å². The Bertz CT molecular complexity index is 690. The SMILES string of the molecule is O=CCC1C(=O)c2c(ccc3ccccc23)S1=O. The molecule has 1 heterocycles. The molecule has 90 valence electrons. The van der Waals surface area contributed by atoms with Gasteiger partial charge in [0.1, 0.15) is 11.5 Å². The predicted octanol–water partition coefficient (Wildman–Crippen LogP) is 2.10. The van der Waals surface area contributed by atoms with Crippen molar-refractivity contribution in [3.63, 3.8) is 0 Å². The van der Waals surface area contributed by atoms with Crippen molar-refractivity contribution < 1.29 is 13.8 Å². The average molecular weight is 258 g/mol. The number of aldehydes is 1. The summed E-state index contributed by atoms with van der Waals surface area (Å²) in [5.74, 6) is -0.174. The molecule has 0 amide bonds. The van der Waals surface area contributed by atoms with E-state index in [0.29, 0.717) is 16.7 Å². The molecular formula is C14H10O3S. The second-order valence-corrected chi connectivity index (χ2v) is 5.82. The van der Waals surface area contributed by atoms with Crippen LogP contribution in [0.4, 0.5) is 0 Å². The first-order chi connectivity index (χ1) is 8.74. The van der Waals surface area contributed by atoms with Crippen LogP contribution in [-0.4, -0.2) is 21.5 Å². The van der Waals surface area contributed by atoms with Crippen molar-refractivity contribution in [3.05, 3.63) is 42.0 Å². The molecule has 2 aromatic carbocycles. The van der Waals surface area contributed by atoms with Crippen molar-refractivity contribution in [2.24, 2.45) is 0 Å². The van der Waals surface area contributed by atoms with Crippen LogP contribution in [0, 0.1) is 0 Å². The summed E-state index contributed by atoms with van der Waals surface area (Å²) in [5, 5.41) is 1.07. The normalized spacial score (nSPS) is 22.1. The van der Waals surface area contributed by atoms with Gasteiger partial charge in [-0.3, -0.25) is 9.00 Å². The maximum Gasteiger partial charge on any atom is 0.181 e. The molecule has 0 aromatic heterocycles. The van der Waals surface area contributed by atoms with Crippen molar-refractivity contribution >= 4 is 33.6 Å². The van der Waals surface area contributed by atoms with E-state index in [9.17, 15) is 13.8 Å². The van der Waals surface area contributed by atoms with Crippen LogP contribution in [0.1, 0.15) is 16.8 Å². The molecule has 0 bridgehead atoms. The highest BCUT2D eigenvalue weighted by Crippen LogP contribution is 2.34. The summed E-state index contributed by atoms with van der Waals surface area (Å²) >= 11 is 0. The molecule has 18 heavy (non-hydrogen) atoms. The maximum atomic E-state index is 12.3. The van der Waals surface area contributed by atoms with Gasteiger partial charge in [0, 0.05) is 12.0 Å². The highest BCUT2D eigenvalue weighted by molar-refractivity contribution is 7.87. The second-order valence-electron chi connectivity index (χ2n) is 4.21. The topological polar surface area (TPSA) is 51.2 Å². The number of hydrogen-bond acceptors (Lipinski definition) is 3. The van der Waals surface area contributed by atoms with Crippen molar-refractivity contribution in [1.29, 1.82) is 0 Å². The maximum absolute atomic E-state index is 12.3. The van der Waals surface area contributed by atoms with Crippen molar-refractivity contribution in [1.82, 2.24) is 0 Å².